The number of hydrogen-bond donors (Lipinski definition) is 0. The molecule has 7 heavy (non-hydrogen) atoms. The molecule has 0 aromatic rings. The minimum Gasteiger partial charge on any atom is -1.00 e. The van der Waals surface area contributed by atoms with Crippen molar-refractivity contribution in [3.05, 3.63) is 0 Å². The maximum Gasteiger partial charge on any atom is 2.00 e. The van der Waals surface area contributed by atoms with Gasteiger partial charge in [-0.3, -0.25) is 0 Å². The molecular weight excluding hydrogens is 178 g/mol. The van der Waals surface area contributed by atoms with Crippen LogP contribution in [-0.4, -0.2) is 7.25 Å². The predicted octanol–water partition coefficient (Wildman–Crippen LogP) is -1.70. The van der Waals surface area contributed by atoms with Crippen LogP contribution in [0.25, 0.3) is 0 Å². The third-order valence-electron chi connectivity index (χ3n) is 0. The fourth-order valence-electron chi connectivity index (χ4n) is 0. The summed E-state index contributed by atoms with van der Waals surface area (Å²) in [4.78, 5) is 0. The van der Waals surface area contributed by atoms with Crippen molar-refractivity contribution in [2.24, 2.45) is 0 Å². The molecule has 0 heterocycles. The first-order valence-electron chi connectivity index (χ1n) is 0.873. The smallest absolute Gasteiger partial charge is 1.00 e. The van der Waals surface area contributed by atoms with Crippen LogP contribution in [0.15, 0.2) is 0 Å². The van der Waals surface area contributed by atoms with Crippen LogP contribution in [0.1, 0.15) is 0 Å². The van der Waals surface area contributed by atoms with Crippen molar-refractivity contribution < 1.29 is 46.7 Å². The molecule has 0 spiro atoms. The van der Waals surface area contributed by atoms with Gasteiger partial charge >= 0.3 is 24.3 Å². The second-order valence-electron chi connectivity index (χ2n) is 0.495. The Balaban J connectivity index is -0.0000000800. The zero-order chi connectivity index (χ0) is 4.50. The van der Waals surface area contributed by atoms with Gasteiger partial charge in [0.1, 0.15) is 0 Å². The number of hydrogen-bond acceptors (Lipinski definition) is 0. The summed E-state index contributed by atoms with van der Waals surface area (Å²) in [7, 11) is -6.00. The van der Waals surface area contributed by atoms with E-state index in [2.05, 4.69) is 0 Å². The molecule has 0 atom stereocenters. The Hall–Kier alpha value is 0.594. The zero-order valence-corrected chi connectivity index (χ0v) is 4.68. The van der Waals surface area contributed by atoms with Crippen LogP contribution in [0.2, 0.25) is 0 Å². The minimum absolute atomic E-state index is 0. The molecule has 46 valence electrons. The van der Waals surface area contributed by atoms with Crippen LogP contribution in [0.5, 0.6) is 0 Å². The van der Waals surface area contributed by atoms with E-state index in [0.29, 0.717) is 0 Å². The van der Waals surface area contributed by atoms with E-state index in [1.165, 1.54) is 0 Å². The Bertz CT molecular complexity index is 27.2. The van der Waals surface area contributed by atoms with Crippen LogP contribution in [0.4, 0.5) is 17.3 Å². The Morgan fingerprint density at radius 2 is 0.857 bits per heavy atom. The molecule has 0 unspecified atom stereocenters. The van der Waals surface area contributed by atoms with E-state index >= 15 is 0 Å². The Labute approximate surface area is 54.6 Å². The summed E-state index contributed by atoms with van der Waals surface area (Å²) in [6.45, 7) is 0. The van der Waals surface area contributed by atoms with Gasteiger partial charge in [0.2, 0.25) is 0 Å². The van der Waals surface area contributed by atoms with E-state index in [1.807, 2.05) is 0 Å². The summed E-state index contributed by atoms with van der Waals surface area (Å²) in [6.07, 6.45) is 0. The zero-order valence-electron chi connectivity index (χ0n) is 2.82. The largest absolute Gasteiger partial charge is 2.00 e. The van der Waals surface area contributed by atoms with Crippen molar-refractivity contribution in [3.8, 4) is 0 Å². The summed E-state index contributed by atoms with van der Waals surface area (Å²) in [5.41, 5.74) is 0. The average Bonchev–Trinajstić information content (AvgIpc) is 0.722. The molecule has 0 amide bonds. The van der Waals surface area contributed by atoms with Crippen LogP contribution in [0, 0.1) is 0 Å². The summed E-state index contributed by atoms with van der Waals surface area (Å²) < 4.78 is 39.0. The maximum absolute atomic E-state index is 9.75. The van der Waals surface area contributed by atoms with Crippen LogP contribution in [-0.2, 0) is 17.1 Å². The molecule has 0 aromatic carbocycles. The van der Waals surface area contributed by atoms with Gasteiger partial charge in [0.05, 0.1) is 0 Å². The predicted molar refractivity (Wildman–Crippen MR) is 10.2 cm³/mol. The summed E-state index contributed by atoms with van der Waals surface area (Å²) in [5, 5.41) is 0. The Kier molecular flexibility index (Phi) is 10.6. The van der Waals surface area contributed by atoms with Crippen molar-refractivity contribution in [1.29, 1.82) is 0 Å². The van der Waals surface area contributed by atoms with Gasteiger partial charge in [-0.2, -0.15) is 0 Å². The molecule has 0 aliphatic rings. The molecule has 0 N–H and O–H groups in total. The van der Waals surface area contributed by atoms with Crippen molar-refractivity contribution in [2.45, 2.75) is 0 Å². The second kappa shape index (κ2) is 4.75. The quantitative estimate of drug-likeness (QED) is 0.306. The monoisotopic (exact) mass is 178 g/mol. The topological polar surface area (TPSA) is 0 Å². The van der Waals surface area contributed by atoms with E-state index in [0.717, 1.165) is 0 Å². The van der Waals surface area contributed by atoms with Gasteiger partial charge < -0.3 is 29.7 Å². The van der Waals surface area contributed by atoms with Crippen LogP contribution >= 0.6 is 0 Å². The van der Waals surface area contributed by atoms with Crippen molar-refractivity contribution in [3.63, 3.8) is 0 Å². The van der Waals surface area contributed by atoms with Gasteiger partial charge in [-0.25, -0.2) is 0 Å². The molecule has 0 fully saturated rings. The summed E-state index contributed by atoms with van der Waals surface area (Å²) in [5.74, 6) is 0. The molecule has 0 bridgehead atoms. The van der Waals surface area contributed by atoms with Crippen LogP contribution < -0.4 is 12.4 Å². The van der Waals surface area contributed by atoms with Gasteiger partial charge in [-0.15, -0.1) is 0 Å². The van der Waals surface area contributed by atoms with Crippen molar-refractivity contribution in [1.82, 2.24) is 0 Å². The molecule has 0 saturated carbocycles. The van der Waals surface area contributed by atoms with Gasteiger partial charge in [-0.1, -0.05) is 0 Å². The third-order valence-corrected chi connectivity index (χ3v) is 0. The number of rotatable bonds is 0. The first kappa shape index (κ1) is 15.6. The van der Waals surface area contributed by atoms with Gasteiger partial charge in [0.25, 0.3) is 0 Å². The van der Waals surface area contributed by atoms with E-state index in [9.17, 15) is 17.3 Å². The van der Waals surface area contributed by atoms with E-state index < -0.39 is 7.25 Å². The molecule has 0 aliphatic heterocycles. The first-order valence-corrected chi connectivity index (χ1v) is 0.873. The molecule has 0 aromatic heterocycles. The minimum atomic E-state index is -6.00. The van der Waals surface area contributed by atoms with Crippen molar-refractivity contribution >= 4 is 7.25 Å². The molecule has 0 saturated heterocycles. The van der Waals surface area contributed by atoms with E-state index in [1.54, 1.807) is 0 Å². The fourth-order valence-corrected chi connectivity index (χ4v) is 0. The number of halogens is 5. The van der Waals surface area contributed by atoms with Gasteiger partial charge in [0, 0.05) is 0 Å². The average molecular weight is 178 g/mol. The van der Waals surface area contributed by atoms with Gasteiger partial charge in [0.15, 0.2) is 0 Å². The SMILES string of the molecule is F[B-](F)(F)F.[Cl-].[Fe+2]. The Morgan fingerprint density at radius 1 is 0.857 bits per heavy atom. The molecular formula is BClF4Fe. The molecule has 0 rings (SSSR count). The fraction of sp³-hybridized carbons (Fsp3) is 0. The maximum atomic E-state index is 9.75. The van der Waals surface area contributed by atoms with Crippen molar-refractivity contribution in [2.75, 3.05) is 0 Å². The second-order valence-corrected chi connectivity index (χ2v) is 0.495. The summed E-state index contributed by atoms with van der Waals surface area (Å²) in [6, 6.07) is 0. The first-order chi connectivity index (χ1) is 2.00. The van der Waals surface area contributed by atoms with Crippen LogP contribution in [0.3, 0.4) is 0 Å². The van der Waals surface area contributed by atoms with E-state index in [4.69, 9.17) is 0 Å². The molecule has 0 aliphatic carbocycles. The standard InChI is InChI=1S/BF4.ClH.Fe/c2-1(3,4)5;;/h;1H;/q-1;;+2/p-1. The Morgan fingerprint density at radius 3 is 0.857 bits per heavy atom. The van der Waals surface area contributed by atoms with E-state index in [-0.39, 0.29) is 29.5 Å². The van der Waals surface area contributed by atoms with Gasteiger partial charge in [-0.05, 0) is 0 Å². The molecule has 0 radical (unpaired) electrons. The molecule has 0 nitrogen and oxygen atoms in total. The third kappa shape index (κ3) is 394. The molecule has 7 heteroatoms. The normalized spacial score (nSPS) is 8.57. The summed E-state index contributed by atoms with van der Waals surface area (Å²) >= 11 is 0.